The van der Waals surface area contributed by atoms with Crippen molar-refractivity contribution in [1.82, 2.24) is 0 Å². The van der Waals surface area contributed by atoms with Gasteiger partial charge in [0.25, 0.3) is 0 Å². The summed E-state index contributed by atoms with van der Waals surface area (Å²) in [5.74, 6) is -0.630. The van der Waals surface area contributed by atoms with E-state index in [1.807, 2.05) is 0 Å². The zero-order valence-electron chi connectivity index (χ0n) is 10.5. The highest BCUT2D eigenvalue weighted by atomic mass is 28.4. The summed E-state index contributed by atoms with van der Waals surface area (Å²) >= 11 is 0. The highest BCUT2D eigenvalue weighted by Crippen LogP contribution is 2.10. The van der Waals surface area contributed by atoms with E-state index in [2.05, 4.69) is 11.5 Å². The summed E-state index contributed by atoms with van der Waals surface area (Å²) in [6.07, 6.45) is 3.90. The van der Waals surface area contributed by atoms with Crippen molar-refractivity contribution >= 4 is 15.0 Å². The minimum Gasteiger partial charge on any atom is -0.353 e. The van der Waals surface area contributed by atoms with Crippen LogP contribution in [0.5, 0.6) is 0 Å². The average Bonchev–Trinajstić information content (AvgIpc) is 2.37. The smallest absolute Gasteiger partial charge is 0.353 e. The summed E-state index contributed by atoms with van der Waals surface area (Å²) in [5.41, 5.74) is 0.399. The number of carbonyl (C=O) groups is 1. The van der Waals surface area contributed by atoms with Crippen LogP contribution in [0, 0.1) is 0 Å². The first-order chi connectivity index (χ1) is 8.05. The lowest BCUT2D eigenvalue weighted by atomic mass is 10.2. The summed E-state index contributed by atoms with van der Waals surface area (Å²) in [6, 6.07) is 0. The molecular weight excluding hydrogens is 244 g/mol. The minimum absolute atomic E-state index is 0.399. The highest BCUT2D eigenvalue weighted by molar-refractivity contribution is 6.53. The molecule has 17 heavy (non-hydrogen) atoms. The van der Waals surface area contributed by atoms with Crippen LogP contribution in [0.1, 0.15) is 13.3 Å². The lowest BCUT2D eigenvalue weighted by Crippen LogP contribution is -2.46. The maximum absolute atomic E-state index is 11.4. The van der Waals surface area contributed by atoms with E-state index in [0.29, 0.717) is 12.0 Å². The summed E-state index contributed by atoms with van der Waals surface area (Å²) in [4.78, 5) is 16.0. The summed E-state index contributed by atoms with van der Waals surface area (Å²) < 4.78 is 19.5. The second-order valence-electron chi connectivity index (χ2n) is 2.98. The first kappa shape index (κ1) is 16.0. The number of rotatable bonds is 8. The third-order valence-corrected chi connectivity index (χ3v) is 3.67. The summed E-state index contributed by atoms with van der Waals surface area (Å²) in [7, 11) is 0.674. The Hall–Kier alpha value is -0.993. The van der Waals surface area contributed by atoms with Crippen molar-refractivity contribution in [2.75, 3.05) is 21.3 Å². The molecule has 0 aromatic heterocycles. The summed E-state index contributed by atoms with van der Waals surface area (Å²) in [6.45, 7) is 5.14. The van der Waals surface area contributed by atoms with E-state index in [1.165, 1.54) is 21.3 Å². The van der Waals surface area contributed by atoms with Crippen LogP contribution in [0.25, 0.3) is 0 Å². The number of carbonyl (C=O) groups excluding carboxylic acids is 1. The lowest BCUT2D eigenvalue weighted by Gasteiger charge is -2.20. The monoisotopic (exact) mass is 262 g/mol. The largest absolute Gasteiger partial charge is 0.716 e. The van der Waals surface area contributed by atoms with Gasteiger partial charge in [0.2, 0.25) is 0 Å². The average molecular weight is 262 g/mol. The van der Waals surface area contributed by atoms with Crippen LogP contribution in [-0.2, 0) is 27.5 Å². The molecule has 0 aliphatic carbocycles. The molecule has 0 radical (unpaired) electrons. The standard InChI is InChI=1S/C10H18O6Si/c1-6-7-8-9(2)10(11)15-16-17(12-3,13-4)14-5/h6,8H,1,7H2,2-5H3. The molecule has 0 aliphatic heterocycles. The topological polar surface area (TPSA) is 63.2 Å². The zero-order chi connectivity index (χ0) is 13.3. The van der Waals surface area contributed by atoms with E-state index in [-0.39, 0.29) is 0 Å². The van der Waals surface area contributed by atoms with E-state index in [9.17, 15) is 4.79 Å². The Bertz CT molecular complexity index is 276. The first-order valence-corrected chi connectivity index (χ1v) is 6.51. The van der Waals surface area contributed by atoms with Crippen LogP contribution >= 0.6 is 0 Å². The maximum Gasteiger partial charge on any atom is 0.716 e. The van der Waals surface area contributed by atoms with Gasteiger partial charge in [0.1, 0.15) is 0 Å². The van der Waals surface area contributed by atoms with Gasteiger partial charge in [-0.3, -0.25) is 4.89 Å². The maximum atomic E-state index is 11.4. The van der Waals surface area contributed by atoms with Crippen LogP contribution in [0.15, 0.2) is 24.3 Å². The van der Waals surface area contributed by atoms with Crippen LogP contribution in [0.3, 0.4) is 0 Å². The summed E-state index contributed by atoms with van der Waals surface area (Å²) in [5, 5.41) is 0. The van der Waals surface area contributed by atoms with E-state index < -0.39 is 15.0 Å². The van der Waals surface area contributed by atoms with Gasteiger partial charge in [0, 0.05) is 26.9 Å². The van der Waals surface area contributed by atoms with Crippen molar-refractivity contribution in [2.45, 2.75) is 13.3 Å². The van der Waals surface area contributed by atoms with Crippen molar-refractivity contribution in [3.63, 3.8) is 0 Å². The Kier molecular flexibility index (Phi) is 7.67. The molecule has 0 unspecified atom stereocenters. The van der Waals surface area contributed by atoms with E-state index in [4.69, 9.17) is 17.9 Å². The predicted octanol–water partition coefficient (Wildman–Crippen LogP) is 1.36. The molecule has 0 rings (SSSR count). The molecule has 98 valence electrons. The second-order valence-corrected chi connectivity index (χ2v) is 5.37. The van der Waals surface area contributed by atoms with Crippen LogP contribution in [0.2, 0.25) is 0 Å². The zero-order valence-corrected chi connectivity index (χ0v) is 11.5. The molecule has 0 saturated heterocycles. The normalized spacial score (nSPS) is 12.4. The molecule has 0 aromatic carbocycles. The van der Waals surface area contributed by atoms with Crippen molar-refractivity contribution in [3.05, 3.63) is 24.3 Å². The Morgan fingerprint density at radius 1 is 1.24 bits per heavy atom. The van der Waals surface area contributed by atoms with E-state index in [1.54, 1.807) is 19.1 Å². The molecule has 0 aliphatic rings. The molecule has 0 saturated carbocycles. The van der Waals surface area contributed by atoms with Gasteiger partial charge in [-0.15, -0.1) is 11.2 Å². The molecule has 6 nitrogen and oxygen atoms in total. The van der Waals surface area contributed by atoms with E-state index in [0.717, 1.165) is 0 Å². The molecule has 0 aromatic rings. The van der Waals surface area contributed by atoms with Gasteiger partial charge in [-0.2, -0.15) is 0 Å². The fourth-order valence-electron chi connectivity index (χ4n) is 0.850. The molecule has 0 spiro atoms. The van der Waals surface area contributed by atoms with Crippen LogP contribution < -0.4 is 0 Å². The van der Waals surface area contributed by atoms with Gasteiger partial charge < -0.3 is 13.3 Å². The molecule has 7 heteroatoms. The van der Waals surface area contributed by atoms with Gasteiger partial charge in [0.05, 0.1) is 0 Å². The SMILES string of the molecule is C=CCC=C(C)C(=O)OO[Si](OC)(OC)OC. The first-order valence-electron chi connectivity index (χ1n) is 4.88. The molecule has 0 amide bonds. The van der Waals surface area contributed by atoms with Gasteiger partial charge in [-0.25, -0.2) is 4.79 Å². The van der Waals surface area contributed by atoms with Crippen molar-refractivity contribution < 1.29 is 27.5 Å². The van der Waals surface area contributed by atoms with E-state index >= 15 is 0 Å². The number of hydrogen-bond acceptors (Lipinski definition) is 6. The number of hydrogen-bond donors (Lipinski definition) is 0. The predicted molar refractivity (Wildman–Crippen MR) is 62.5 cm³/mol. The molecule has 0 fully saturated rings. The van der Waals surface area contributed by atoms with Gasteiger partial charge in [-0.05, 0) is 13.3 Å². The van der Waals surface area contributed by atoms with Crippen LogP contribution in [0.4, 0.5) is 0 Å². The Morgan fingerprint density at radius 2 is 1.76 bits per heavy atom. The van der Waals surface area contributed by atoms with Gasteiger partial charge >= 0.3 is 15.0 Å². The Balaban J connectivity index is 4.35. The Labute approximate surface area is 102 Å². The molecule has 0 heterocycles. The third-order valence-electron chi connectivity index (χ3n) is 1.88. The van der Waals surface area contributed by atoms with Gasteiger partial charge in [0.15, 0.2) is 0 Å². The number of allylic oxidation sites excluding steroid dienone is 2. The fraction of sp³-hybridized carbons (Fsp3) is 0.500. The van der Waals surface area contributed by atoms with Crippen LogP contribution in [-0.4, -0.2) is 36.3 Å². The molecule has 0 N–H and O–H groups in total. The van der Waals surface area contributed by atoms with Gasteiger partial charge in [-0.1, -0.05) is 12.2 Å². The molecule has 0 bridgehead atoms. The lowest BCUT2D eigenvalue weighted by molar-refractivity contribution is -0.250. The van der Waals surface area contributed by atoms with Crippen molar-refractivity contribution in [1.29, 1.82) is 0 Å². The fourth-order valence-corrected chi connectivity index (χ4v) is 1.73. The van der Waals surface area contributed by atoms with Crippen molar-refractivity contribution in [3.8, 4) is 0 Å². The third kappa shape index (κ3) is 5.24. The molecular formula is C10H18O6Si. The quantitative estimate of drug-likeness (QED) is 0.216. The molecule has 0 atom stereocenters. The minimum atomic E-state index is -3.35. The van der Waals surface area contributed by atoms with Crippen molar-refractivity contribution in [2.24, 2.45) is 0 Å². The highest BCUT2D eigenvalue weighted by Gasteiger charge is 2.45. The second kappa shape index (κ2) is 8.15. The Morgan fingerprint density at radius 3 is 2.18 bits per heavy atom.